The highest BCUT2D eigenvalue weighted by Gasteiger charge is 2.31. The summed E-state index contributed by atoms with van der Waals surface area (Å²) in [6.07, 6.45) is 3.40. The third-order valence-electron chi connectivity index (χ3n) is 3.42. The summed E-state index contributed by atoms with van der Waals surface area (Å²) in [5.41, 5.74) is 2.21. The van der Waals surface area contributed by atoms with E-state index in [2.05, 4.69) is 6.58 Å². The summed E-state index contributed by atoms with van der Waals surface area (Å²) in [4.78, 5) is 14.4. The summed E-state index contributed by atoms with van der Waals surface area (Å²) in [7, 11) is 0. The zero-order valence-electron chi connectivity index (χ0n) is 12.6. The summed E-state index contributed by atoms with van der Waals surface area (Å²) >= 11 is 6.50. The molecule has 0 N–H and O–H groups in total. The first-order valence-corrected chi connectivity index (χ1v) is 8.34. The Morgan fingerprint density at radius 1 is 1.26 bits per heavy atom. The number of rotatable bonds is 4. The molecule has 2 heterocycles. The number of hydrogen-bond acceptors (Lipinski definition) is 4. The fraction of sp³-hybridized carbons (Fsp3) is 0.111. The molecule has 1 saturated heterocycles. The summed E-state index contributed by atoms with van der Waals surface area (Å²) in [5, 5.41) is 0. The Balaban J connectivity index is 1.84. The fourth-order valence-corrected chi connectivity index (χ4v) is 3.47. The number of carbonyl (C=O) groups excluding carboxylic acids is 1. The molecule has 0 saturated carbocycles. The first kappa shape index (κ1) is 15.8. The number of carbonyl (C=O) groups is 1. The maximum absolute atomic E-state index is 12.3. The number of thiocarbonyl (C=S) groups is 1. The Labute approximate surface area is 144 Å². The molecule has 3 nitrogen and oxygen atoms in total. The topological polar surface area (TPSA) is 33.5 Å². The van der Waals surface area contributed by atoms with Crippen molar-refractivity contribution in [2.24, 2.45) is 0 Å². The van der Waals surface area contributed by atoms with Crippen LogP contribution in [0.3, 0.4) is 0 Å². The third-order valence-corrected chi connectivity index (χ3v) is 4.80. The fourth-order valence-electron chi connectivity index (χ4n) is 2.22. The van der Waals surface area contributed by atoms with Gasteiger partial charge in [-0.2, -0.15) is 0 Å². The molecule has 0 bridgehead atoms. The second-order valence-corrected chi connectivity index (χ2v) is 6.82. The van der Waals surface area contributed by atoms with Gasteiger partial charge in [0.2, 0.25) is 0 Å². The van der Waals surface area contributed by atoms with E-state index in [1.165, 1.54) is 22.2 Å². The summed E-state index contributed by atoms with van der Waals surface area (Å²) in [5.74, 6) is 1.31. The van der Waals surface area contributed by atoms with Crippen molar-refractivity contribution in [3.05, 3.63) is 65.3 Å². The van der Waals surface area contributed by atoms with Crippen molar-refractivity contribution in [2.75, 3.05) is 6.54 Å². The number of amides is 1. The molecule has 1 aliphatic rings. The van der Waals surface area contributed by atoms with E-state index in [-0.39, 0.29) is 5.91 Å². The number of hydrogen-bond donors (Lipinski definition) is 0. The van der Waals surface area contributed by atoms with Gasteiger partial charge in [0.1, 0.15) is 15.8 Å². The predicted octanol–water partition coefficient (Wildman–Crippen LogP) is 4.64. The van der Waals surface area contributed by atoms with E-state index in [0.29, 0.717) is 21.5 Å². The van der Waals surface area contributed by atoms with Gasteiger partial charge in [0, 0.05) is 18.2 Å². The van der Waals surface area contributed by atoms with Gasteiger partial charge >= 0.3 is 0 Å². The van der Waals surface area contributed by atoms with Crippen molar-refractivity contribution in [3.8, 4) is 11.3 Å². The average Bonchev–Trinajstić information content (AvgIpc) is 3.09. The minimum absolute atomic E-state index is 0.104. The molecule has 1 aliphatic heterocycles. The van der Waals surface area contributed by atoms with Crippen LogP contribution in [0.25, 0.3) is 17.4 Å². The molecule has 1 fully saturated rings. The Morgan fingerprint density at radius 3 is 2.70 bits per heavy atom. The molecule has 1 amide bonds. The molecular formula is C18H15NO2S2. The lowest BCUT2D eigenvalue weighted by Crippen LogP contribution is -2.27. The standard InChI is InChI=1S/C18H15NO2S2/c1-3-10-19-17(20)16(23-18(19)22)11-14-8-9-15(21-14)13-6-4-12(2)5-7-13/h3-9,11H,1,10H2,2H3. The zero-order chi connectivity index (χ0) is 16.4. The van der Waals surface area contributed by atoms with Crippen LogP contribution in [0.4, 0.5) is 0 Å². The van der Waals surface area contributed by atoms with Gasteiger partial charge < -0.3 is 4.42 Å². The Kier molecular flexibility index (Phi) is 4.50. The highest BCUT2D eigenvalue weighted by atomic mass is 32.2. The molecule has 3 rings (SSSR count). The highest BCUT2D eigenvalue weighted by molar-refractivity contribution is 8.26. The Hall–Kier alpha value is -2.11. The van der Waals surface area contributed by atoms with Gasteiger partial charge in [-0.25, -0.2) is 0 Å². The van der Waals surface area contributed by atoms with E-state index in [9.17, 15) is 4.79 Å². The average molecular weight is 341 g/mol. The molecule has 23 heavy (non-hydrogen) atoms. The first-order chi connectivity index (χ1) is 11.1. The van der Waals surface area contributed by atoms with E-state index in [4.69, 9.17) is 16.6 Å². The molecule has 0 radical (unpaired) electrons. The number of thioether (sulfide) groups is 1. The van der Waals surface area contributed by atoms with Crippen LogP contribution in [-0.2, 0) is 4.79 Å². The van der Waals surface area contributed by atoms with Crippen LogP contribution in [0.2, 0.25) is 0 Å². The van der Waals surface area contributed by atoms with Crippen molar-refractivity contribution < 1.29 is 9.21 Å². The van der Waals surface area contributed by atoms with Crippen LogP contribution >= 0.6 is 24.0 Å². The normalized spacial score (nSPS) is 16.4. The molecular weight excluding hydrogens is 326 g/mol. The van der Waals surface area contributed by atoms with E-state index in [1.54, 1.807) is 12.2 Å². The van der Waals surface area contributed by atoms with Crippen molar-refractivity contribution in [2.45, 2.75) is 6.92 Å². The van der Waals surface area contributed by atoms with Gasteiger partial charge in [-0.3, -0.25) is 9.69 Å². The van der Waals surface area contributed by atoms with Crippen LogP contribution in [0, 0.1) is 6.92 Å². The van der Waals surface area contributed by atoms with E-state index >= 15 is 0 Å². The molecule has 0 aliphatic carbocycles. The minimum Gasteiger partial charge on any atom is -0.457 e. The first-order valence-electron chi connectivity index (χ1n) is 7.11. The molecule has 1 aromatic carbocycles. The third kappa shape index (κ3) is 3.30. The lowest BCUT2D eigenvalue weighted by atomic mass is 10.1. The Morgan fingerprint density at radius 2 is 2.00 bits per heavy atom. The van der Waals surface area contributed by atoms with Gasteiger partial charge in [-0.15, -0.1) is 6.58 Å². The largest absolute Gasteiger partial charge is 0.457 e. The highest BCUT2D eigenvalue weighted by Crippen LogP contribution is 2.33. The maximum atomic E-state index is 12.3. The number of aryl methyl sites for hydroxylation is 1. The molecule has 116 valence electrons. The number of nitrogens with zero attached hydrogens (tertiary/aromatic N) is 1. The smallest absolute Gasteiger partial charge is 0.266 e. The van der Waals surface area contributed by atoms with Gasteiger partial charge in [-0.1, -0.05) is 59.9 Å². The van der Waals surface area contributed by atoms with Crippen LogP contribution in [0.5, 0.6) is 0 Å². The van der Waals surface area contributed by atoms with Gasteiger partial charge in [0.15, 0.2) is 0 Å². The van der Waals surface area contributed by atoms with E-state index in [0.717, 1.165) is 11.3 Å². The molecule has 2 aromatic rings. The summed E-state index contributed by atoms with van der Waals surface area (Å²) in [6.45, 7) is 6.11. The maximum Gasteiger partial charge on any atom is 0.266 e. The van der Waals surface area contributed by atoms with E-state index in [1.807, 2.05) is 43.3 Å². The molecule has 0 atom stereocenters. The van der Waals surface area contributed by atoms with Crippen molar-refractivity contribution in [1.29, 1.82) is 0 Å². The molecule has 0 spiro atoms. The van der Waals surface area contributed by atoms with Gasteiger partial charge in [-0.05, 0) is 19.1 Å². The number of furan rings is 1. The lowest BCUT2D eigenvalue weighted by molar-refractivity contribution is -0.121. The molecule has 5 heteroatoms. The second-order valence-electron chi connectivity index (χ2n) is 5.15. The quantitative estimate of drug-likeness (QED) is 0.461. The van der Waals surface area contributed by atoms with Crippen molar-refractivity contribution >= 4 is 40.3 Å². The summed E-state index contributed by atoms with van der Waals surface area (Å²) in [6, 6.07) is 11.9. The van der Waals surface area contributed by atoms with Gasteiger partial charge in [0.05, 0.1) is 4.91 Å². The molecule has 0 unspecified atom stereocenters. The van der Waals surface area contributed by atoms with Crippen molar-refractivity contribution in [3.63, 3.8) is 0 Å². The summed E-state index contributed by atoms with van der Waals surface area (Å²) < 4.78 is 6.37. The van der Waals surface area contributed by atoms with Crippen LogP contribution in [0.1, 0.15) is 11.3 Å². The van der Waals surface area contributed by atoms with Crippen LogP contribution in [-0.4, -0.2) is 21.7 Å². The Bertz CT molecular complexity index is 803. The SMILES string of the molecule is C=CCN1C(=O)C(=Cc2ccc(-c3ccc(C)cc3)o2)SC1=S. The zero-order valence-corrected chi connectivity index (χ0v) is 14.2. The lowest BCUT2D eigenvalue weighted by Gasteiger charge is -2.10. The van der Waals surface area contributed by atoms with E-state index < -0.39 is 0 Å². The minimum atomic E-state index is -0.104. The second kappa shape index (κ2) is 6.56. The molecule has 1 aromatic heterocycles. The van der Waals surface area contributed by atoms with Gasteiger partial charge in [0.25, 0.3) is 5.91 Å². The monoisotopic (exact) mass is 341 g/mol. The van der Waals surface area contributed by atoms with Crippen LogP contribution in [0.15, 0.2) is 58.4 Å². The predicted molar refractivity (Wildman–Crippen MR) is 99.0 cm³/mol. The number of benzene rings is 1. The van der Waals surface area contributed by atoms with Crippen LogP contribution < -0.4 is 0 Å². The van der Waals surface area contributed by atoms with Crippen molar-refractivity contribution in [1.82, 2.24) is 4.90 Å².